The molecule has 0 aromatic heterocycles. The molecule has 0 radical (unpaired) electrons. The standard InChI is InChI=1S/C56H89NO15/c1-35-17-11-10-12-18-36(2)47(70-28-16-26-59)33-43-22-20-41(7)56(66,72-43)53(63)54(64)57-24-14-13-19-44(57)55(65)71-48(38(4)31-42-21-23-46(49(32-42)67-8)69-27-15-25-58)34-45(60)37(3)30-40(6)51(62)52(68-9)50(61)39(5)29-35/h10-12,17-18,30,35,37-39,41-44,46-49,51-52,58-59,62,66H,13-16,19-29,31-34H2,1-9H3/b12-10+,17-11+,36-18+,40-30+/t35-,37-,38-,39-,41-,42+,43+,44+,46-,47?,48+,49-,51-,52+,56-/m1/s1. The highest BCUT2D eigenvalue weighted by Gasteiger charge is 2.53. The molecule has 4 rings (SSSR count). The first-order valence-corrected chi connectivity index (χ1v) is 26.7. The van der Waals surface area contributed by atoms with Crippen LogP contribution in [0.15, 0.2) is 47.6 Å². The van der Waals surface area contributed by atoms with Gasteiger partial charge in [-0.2, -0.15) is 0 Å². The molecule has 2 saturated heterocycles. The van der Waals surface area contributed by atoms with Gasteiger partial charge in [0.25, 0.3) is 11.7 Å². The van der Waals surface area contributed by atoms with Gasteiger partial charge in [-0.3, -0.25) is 19.2 Å². The lowest BCUT2D eigenvalue weighted by atomic mass is 9.78. The zero-order valence-corrected chi connectivity index (χ0v) is 44.7. The number of allylic oxidation sites excluding steroid dienone is 6. The van der Waals surface area contributed by atoms with Crippen LogP contribution in [0.5, 0.6) is 0 Å². The number of cyclic esters (lactones) is 1. The summed E-state index contributed by atoms with van der Waals surface area (Å²) in [6.45, 7) is 13.3. The first kappa shape index (κ1) is 61.1. The van der Waals surface area contributed by atoms with Crippen LogP contribution < -0.4 is 0 Å². The molecule has 408 valence electrons. The first-order chi connectivity index (χ1) is 34.3. The predicted molar refractivity (Wildman–Crippen MR) is 271 cm³/mol. The molecule has 72 heavy (non-hydrogen) atoms. The smallest absolute Gasteiger partial charge is 0.329 e. The van der Waals surface area contributed by atoms with Crippen LogP contribution in [0, 0.1) is 35.5 Å². The summed E-state index contributed by atoms with van der Waals surface area (Å²) < 4.78 is 36.3. The van der Waals surface area contributed by atoms with Gasteiger partial charge in [-0.1, -0.05) is 71.1 Å². The molecule has 4 aliphatic rings. The Kier molecular flexibility index (Phi) is 25.6. The molecule has 3 aliphatic heterocycles. The summed E-state index contributed by atoms with van der Waals surface area (Å²) in [5.74, 6) is -8.16. The maximum Gasteiger partial charge on any atom is 0.329 e. The molecular weight excluding hydrogens is 927 g/mol. The van der Waals surface area contributed by atoms with Gasteiger partial charge in [0.1, 0.15) is 30.1 Å². The summed E-state index contributed by atoms with van der Waals surface area (Å²) in [7, 11) is 3.02. The molecule has 0 aromatic carbocycles. The molecule has 0 aromatic rings. The van der Waals surface area contributed by atoms with Gasteiger partial charge < -0.3 is 53.7 Å². The molecule has 1 aliphatic carbocycles. The molecule has 2 bridgehead atoms. The number of carbonyl (C=O) groups excluding carboxylic acids is 5. The summed E-state index contributed by atoms with van der Waals surface area (Å²) in [5, 5.41) is 42.4. The number of ketones is 3. The second-order valence-corrected chi connectivity index (χ2v) is 21.2. The van der Waals surface area contributed by atoms with Crippen LogP contribution >= 0.6 is 0 Å². The summed E-state index contributed by atoms with van der Waals surface area (Å²) in [6, 6.07) is -1.16. The fraction of sp³-hybridized carbons (Fsp3) is 0.768. The van der Waals surface area contributed by atoms with Gasteiger partial charge in [-0.05, 0) is 120 Å². The molecule has 0 spiro atoms. The number of rotatable bonds is 13. The Balaban J connectivity index is 1.71. The third kappa shape index (κ3) is 17.3. The SMILES string of the molecule is CO[C@@H]1C[C@H](C[C@@H](C)[C@@H]2CC(=O)[C@H](C)/C=C(\C)[C@@H](O)[C@@H](OC)C(=O)[C@H](C)C[C@H](C)/C=C/C=C/C=C(\C)C(OCCCO)C[C@@H]3CC[C@@H](C)[C@@](O)(O3)C(=O)C(=O)N3CCCC[C@H]3C(=O)O2)CC[C@H]1OCCCO. The van der Waals surface area contributed by atoms with Crippen LogP contribution in [0.25, 0.3) is 0 Å². The zero-order valence-electron chi connectivity index (χ0n) is 44.7. The van der Waals surface area contributed by atoms with Crippen LogP contribution in [0.3, 0.4) is 0 Å². The first-order valence-electron chi connectivity index (χ1n) is 26.7. The van der Waals surface area contributed by atoms with Crippen molar-refractivity contribution in [3.05, 3.63) is 47.6 Å². The van der Waals surface area contributed by atoms with E-state index in [2.05, 4.69) is 0 Å². The largest absolute Gasteiger partial charge is 0.460 e. The Morgan fingerprint density at radius 2 is 1.53 bits per heavy atom. The number of esters is 1. The number of carbonyl (C=O) groups is 5. The number of hydrogen-bond donors (Lipinski definition) is 4. The number of piperidine rings is 1. The van der Waals surface area contributed by atoms with Crippen LogP contribution in [0.1, 0.15) is 138 Å². The van der Waals surface area contributed by atoms with Crippen molar-refractivity contribution < 1.29 is 72.8 Å². The average Bonchev–Trinajstić information content (AvgIpc) is 3.36. The second kappa shape index (κ2) is 30.2. The highest BCUT2D eigenvalue weighted by atomic mass is 16.6. The third-order valence-corrected chi connectivity index (χ3v) is 15.4. The van der Waals surface area contributed by atoms with Crippen molar-refractivity contribution in [2.45, 2.75) is 193 Å². The minimum atomic E-state index is -2.48. The van der Waals surface area contributed by atoms with Crippen LogP contribution in [-0.2, 0) is 52.4 Å². The lowest BCUT2D eigenvalue weighted by molar-refractivity contribution is -0.266. The van der Waals surface area contributed by atoms with Gasteiger partial charge in [-0.25, -0.2) is 4.79 Å². The summed E-state index contributed by atoms with van der Waals surface area (Å²) in [4.78, 5) is 72.6. The summed E-state index contributed by atoms with van der Waals surface area (Å²) in [5.41, 5.74) is 1.21. The summed E-state index contributed by atoms with van der Waals surface area (Å²) in [6.07, 6.45) is 12.6. The van der Waals surface area contributed by atoms with E-state index in [-0.39, 0.29) is 87.2 Å². The van der Waals surface area contributed by atoms with Crippen LogP contribution in [-0.4, -0.2) is 156 Å². The van der Waals surface area contributed by atoms with Crippen molar-refractivity contribution >= 4 is 29.2 Å². The van der Waals surface area contributed by atoms with E-state index in [1.165, 1.54) is 12.0 Å². The molecular formula is C56H89NO15. The molecule has 3 fully saturated rings. The van der Waals surface area contributed by atoms with Crippen LogP contribution in [0.2, 0.25) is 0 Å². The highest BCUT2D eigenvalue weighted by molar-refractivity contribution is 6.39. The molecule has 4 N–H and O–H groups in total. The van der Waals surface area contributed by atoms with E-state index < -0.39 is 77.8 Å². The van der Waals surface area contributed by atoms with E-state index in [1.807, 2.05) is 58.1 Å². The van der Waals surface area contributed by atoms with Crippen LogP contribution in [0.4, 0.5) is 0 Å². The normalized spacial score (nSPS) is 37.7. The molecule has 15 atom stereocenters. The van der Waals surface area contributed by atoms with Gasteiger partial charge in [0.15, 0.2) is 5.78 Å². The van der Waals surface area contributed by atoms with Gasteiger partial charge in [0, 0.05) is 77.8 Å². The van der Waals surface area contributed by atoms with E-state index in [1.54, 1.807) is 34.0 Å². The number of aliphatic hydroxyl groups is 4. The molecule has 3 heterocycles. The Morgan fingerprint density at radius 3 is 2.21 bits per heavy atom. The third-order valence-electron chi connectivity index (χ3n) is 15.4. The number of fused-ring (bicyclic) bond motifs is 3. The molecule has 16 heteroatoms. The van der Waals surface area contributed by atoms with E-state index in [4.69, 9.17) is 28.4 Å². The topological polar surface area (TPSA) is 225 Å². The molecule has 16 nitrogen and oxygen atoms in total. The number of methoxy groups -OCH3 is 2. The molecule has 1 unspecified atom stereocenters. The van der Waals surface area contributed by atoms with Crippen molar-refractivity contribution in [1.29, 1.82) is 0 Å². The number of amides is 1. The Bertz CT molecular complexity index is 1880. The predicted octanol–water partition coefficient (Wildman–Crippen LogP) is 6.34. The second-order valence-electron chi connectivity index (χ2n) is 21.2. The van der Waals surface area contributed by atoms with Crippen molar-refractivity contribution in [3.8, 4) is 0 Å². The fourth-order valence-corrected chi connectivity index (χ4v) is 10.8. The van der Waals surface area contributed by atoms with Crippen molar-refractivity contribution in [1.82, 2.24) is 4.90 Å². The number of ether oxygens (including phenoxy) is 6. The maximum absolute atomic E-state index is 14.5. The van der Waals surface area contributed by atoms with Gasteiger partial charge in [-0.15, -0.1) is 0 Å². The van der Waals surface area contributed by atoms with Crippen molar-refractivity contribution in [3.63, 3.8) is 0 Å². The fourth-order valence-electron chi connectivity index (χ4n) is 10.8. The van der Waals surface area contributed by atoms with E-state index in [0.717, 1.165) is 18.4 Å². The number of Topliss-reactive ketones (excluding diaryl/α,β-unsaturated/α-hetero) is 3. The number of nitrogens with zero attached hydrogens (tertiary/aromatic N) is 1. The van der Waals surface area contributed by atoms with Crippen molar-refractivity contribution in [2.24, 2.45) is 35.5 Å². The highest BCUT2D eigenvalue weighted by Crippen LogP contribution is 2.38. The minimum absolute atomic E-state index is 0.00887. The number of aliphatic hydroxyl groups excluding tert-OH is 3. The van der Waals surface area contributed by atoms with E-state index in [9.17, 15) is 44.4 Å². The van der Waals surface area contributed by atoms with E-state index >= 15 is 0 Å². The zero-order chi connectivity index (χ0) is 53.1. The minimum Gasteiger partial charge on any atom is -0.460 e. The molecule has 1 amide bonds. The Hall–Kier alpha value is -3.45. The summed E-state index contributed by atoms with van der Waals surface area (Å²) >= 11 is 0. The lowest BCUT2D eigenvalue weighted by Gasteiger charge is -2.43. The lowest BCUT2D eigenvalue weighted by Crippen LogP contribution is -2.61. The maximum atomic E-state index is 14.5. The van der Waals surface area contributed by atoms with Crippen molar-refractivity contribution in [2.75, 3.05) is 47.2 Å². The Labute approximate surface area is 428 Å². The Morgan fingerprint density at radius 1 is 0.819 bits per heavy atom. The monoisotopic (exact) mass is 1020 g/mol. The molecule has 1 saturated carbocycles. The van der Waals surface area contributed by atoms with Gasteiger partial charge >= 0.3 is 5.97 Å². The average molecular weight is 1020 g/mol. The number of hydrogen-bond acceptors (Lipinski definition) is 15. The van der Waals surface area contributed by atoms with Gasteiger partial charge in [0.05, 0.1) is 24.4 Å². The van der Waals surface area contributed by atoms with E-state index in [0.29, 0.717) is 70.0 Å². The quantitative estimate of drug-likeness (QED) is 0.0684. The van der Waals surface area contributed by atoms with Gasteiger partial charge in [0.2, 0.25) is 5.79 Å².